The summed E-state index contributed by atoms with van der Waals surface area (Å²) in [4.78, 5) is 16.5. The van der Waals surface area contributed by atoms with Crippen molar-refractivity contribution in [1.29, 1.82) is 0 Å². The van der Waals surface area contributed by atoms with Gasteiger partial charge in [-0.05, 0) is 30.7 Å². The van der Waals surface area contributed by atoms with Crippen molar-refractivity contribution in [3.63, 3.8) is 0 Å². The van der Waals surface area contributed by atoms with Gasteiger partial charge in [-0.3, -0.25) is 4.79 Å². The van der Waals surface area contributed by atoms with Crippen LogP contribution in [0.2, 0.25) is 0 Å². The van der Waals surface area contributed by atoms with E-state index in [2.05, 4.69) is 32.0 Å². The minimum absolute atomic E-state index is 0.103. The van der Waals surface area contributed by atoms with Crippen LogP contribution in [-0.4, -0.2) is 31.4 Å². The third-order valence-corrected chi connectivity index (χ3v) is 4.44. The highest BCUT2D eigenvalue weighted by Crippen LogP contribution is 2.16. The number of carbonyl (C=O) groups excluding carboxylic acids is 1. The summed E-state index contributed by atoms with van der Waals surface area (Å²) in [6, 6.07) is 3.55. The highest BCUT2D eigenvalue weighted by molar-refractivity contribution is 7.99. The number of hydrogen-bond donors (Lipinski definition) is 1. The van der Waals surface area contributed by atoms with Gasteiger partial charge in [0.1, 0.15) is 5.82 Å². The molecule has 6 nitrogen and oxygen atoms in total. The second-order valence-corrected chi connectivity index (χ2v) is 6.42. The number of pyridine rings is 1. The van der Waals surface area contributed by atoms with Crippen LogP contribution in [0.4, 0.5) is 0 Å². The molecule has 22 heavy (non-hydrogen) atoms. The number of nitrogens with one attached hydrogen (secondary N) is 1. The monoisotopic (exact) mass is 317 g/mol. The van der Waals surface area contributed by atoms with E-state index in [1.54, 1.807) is 24.0 Å². The van der Waals surface area contributed by atoms with Crippen molar-refractivity contribution >= 4 is 17.7 Å². The smallest absolute Gasteiger partial charge is 0.251 e. The molecule has 2 aromatic heterocycles. The maximum Gasteiger partial charge on any atom is 0.251 e. The van der Waals surface area contributed by atoms with Gasteiger partial charge in [0.15, 0.2) is 5.82 Å². The second-order valence-electron chi connectivity index (χ2n) is 5.14. The van der Waals surface area contributed by atoms with Crippen molar-refractivity contribution in [2.45, 2.75) is 44.3 Å². The Hall–Kier alpha value is -1.89. The van der Waals surface area contributed by atoms with Gasteiger partial charge in [-0.25, -0.2) is 4.98 Å². The van der Waals surface area contributed by atoms with Crippen LogP contribution in [0.15, 0.2) is 23.4 Å². The molecule has 1 aliphatic rings. The molecule has 0 saturated heterocycles. The van der Waals surface area contributed by atoms with E-state index < -0.39 is 0 Å². The topological polar surface area (TPSA) is 72.7 Å². The fourth-order valence-corrected chi connectivity index (χ4v) is 3.18. The molecule has 1 N–H and O–H groups in total. The van der Waals surface area contributed by atoms with E-state index in [1.807, 2.05) is 6.07 Å². The Morgan fingerprint density at radius 3 is 3.18 bits per heavy atom. The fourth-order valence-electron chi connectivity index (χ4n) is 2.54. The average molecular weight is 317 g/mol. The van der Waals surface area contributed by atoms with Crippen molar-refractivity contribution in [3.05, 3.63) is 35.5 Å². The summed E-state index contributed by atoms with van der Waals surface area (Å²) in [5.41, 5.74) is 0.629. The first-order valence-corrected chi connectivity index (χ1v) is 8.54. The van der Waals surface area contributed by atoms with Crippen molar-refractivity contribution < 1.29 is 4.79 Å². The lowest BCUT2D eigenvalue weighted by atomic mass is 10.2. The molecule has 0 unspecified atom stereocenters. The van der Waals surface area contributed by atoms with Crippen LogP contribution in [0.5, 0.6) is 0 Å². The van der Waals surface area contributed by atoms with E-state index in [-0.39, 0.29) is 5.91 Å². The van der Waals surface area contributed by atoms with Gasteiger partial charge in [0, 0.05) is 24.7 Å². The molecule has 116 valence electrons. The summed E-state index contributed by atoms with van der Waals surface area (Å²) in [7, 11) is 0. The molecule has 0 spiro atoms. The van der Waals surface area contributed by atoms with Crippen molar-refractivity contribution in [2.75, 3.05) is 5.75 Å². The van der Waals surface area contributed by atoms with E-state index in [4.69, 9.17) is 0 Å². The van der Waals surface area contributed by atoms with Crippen molar-refractivity contribution in [3.8, 4) is 0 Å². The Bertz CT molecular complexity index is 670. The number of amides is 1. The number of nitrogens with zero attached hydrogens (tertiary/aromatic N) is 4. The predicted octanol–water partition coefficient (Wildman–Crippen LogP) is 2.05. The maximum absolute atomic E-state index is 12.3. The molecule has 1 amide bonds. The Kier molecular flexibility index (Phi) is 4.72. The van der Waals surface area contributed by atoms with E-state index in [0.29, 0.717) is 12.1 Å². The summed E-state index contributed by atoms with van der Waals surface area (Å²) in [6.45, 7) is 3.41. The van der Waals surface area contributed by atoms with Gasteiger partial charge in [-0.15, -0.1) is 22.0 Å². The van der Waals surface area contributed by atoms with Crippen LogP contribution in [-0.2, 0) is 19.5 Å². The standard InChI is InChI=1S/C15H19N5OS/c1-2-22-14-9-11(6-7-16-14)15(21)17-10-13-19-18-12-5-3-4-8-20(12)13/h6-7,9H,2-5,8,10H2,1H3,(H,17,21). The maximum atomic E-state index is 12.3. The predicted molar refractivity (Wildman–Crippen MR) is 84.8 cm³/mol. The first kappa shape index (κ1) is 15.0. The molecule has 0 aliphatic carbocycles. The first-order chi connectivity index (χ1) is 10.8. The molecule has 3 rings (SSSR count). The molecule has 3 heterocycles. The van der Waals surface area contributed by atoms with Crippen LogP contribution in [0.25, 0.3) is 0 Å². The number of aryl methyl sites for hydroxylation is 1. The van der Waals surface area contributed by atoms with Gasteiger partial charge >= 0.3 is 0 Å². The van der Waals surface area contributed by atoms with E-state index >= 15 is 0 Å². The summed E-state index contributed by atoms with van der Waals surface area (Å²) in [5.74, 6) is 2.69. The van der Waals surface area contributed by atoms with Crippen LogP contribution < -0.4 is 5.32 Å². The molecule has 0 saturated carbocycles. The highest BCUT2D eigenvalue weighted by atomic mass is 32.2. The molecule has 0 aromatic carbocycles. The van der Waals surface area contributed by atoms with E-state index in [9.17, 15) is 4.79 Å². The zero-order chi connectivity index (χ0) is 15.4. The Balaban J connectivity index is 1.65. The van der Waals surface area contributed by atoms with Gasteiger partial charge < -0.3 is 9.88 Å². The SMILES string of the molecule is CCSc1cc(C(=O)NCc2nnc3n2CCCC3)ccn1. The largest absolute Gasteiger partial charge is 0.345 e. The van der Waals surface area contributed by atoms with Gasteiger partial charge in [-0.1, -0.05) is 6.92 Å². The normalized spacial score (nSPS) is 13.7. The lowest BCUT2D eigenvalue weighted by molar-refractivity contribution is 0.0949. The first-order valence-electron chi connectivity index (χ1n) is 7.56. The van der Waals surface area contributed by atoms with Crippen LogP contribution in [0.3, 0.4) is 0 Å². The van der Waals surface area contributed by atoms with Crippen LogP contribution >= 0.6 is 11.8 Å². The molecule has 7 heteroatoms. The zero-order valence-corrected chi connectivity index (χ0v) is 13.4. The molecular weight excluding hydrogens is 298 g/mol. The zero-order valence-electron chi connectivity index (χ0n) is 12.6. The third-order valence-electron chi connectivity index (χ3n) is 3.63. The van der Waals surface area contributed by atoms with Crippen molar-refractivity contribution in [2.24, 2.45) is 0 Å². The number of thioether (sulfide) groups is 1. The second kappa shape index (κ2) is 6.91. The van der Waals surface area contributed by atoms with Gasteiger partial charge in [-0.2, -0.15) is 0 Å². The van der Waals surface area contributed by atoms with Crippen LogP contribution in [0, 0.1) is 0 Å². The third kappa shape index (κ3) is 3.30. The Labute approximate surface area is 133 Å². The Morgan fingerprint density at radius 1 is 1.41 bits per heavy atom. The number of carbonyl (C=O) groups is 1. The molecule has 0 fully saturated rings. The van der Waals surface area contributed by atoms with E-state index in [1.165, 1.54) is 6.42 Å². The number of rotatable bonds is 5. The summed E-state index contributed by atoms with van der Waals surface area (Å²) in [6.07, 6.45) is 4.96. The fraction of sp³-hybridized carbons (Fsp3) is 0.467. The minimum atomic E-state index is -0.103. The molecular formula is C15H19N5OS. The van der Waals surface area contributed by atoms with Gasteiger partial charge in [0.05, 0.1) is 11.6 Å². The Morgan fingerprint density at radius 2 is 2.32 bits per heavy atom. The van der Waals surface area contributed by atoms with Crippen molar-refractivity contribution in [1.82, 2.24) is 25.1 Å². The van der Waals surface area contributed by atoms with Gasteiger partial charge in [0.25, 0.3) is 5.91 Å². The molecule has 0 atom stereocenters. The summed E-state index contributed by atoms with van der Waals surface area (Å²) in [5, 5.41) is 12.2. The number of fused-ring (bicyclic) bond motifs is 1. The minimum Gasteiger partial charge on any atom is -0.345 e. The van der Waals surface area contributed by atoms with Crippen LogP contribution in [0.1, 0.15) is 41.8 Å². The molecule has 1 aliphatic heterocycles. The number of aromatic nitrogens is 4. The molecule has 0 radical (unpaired) electrons. The number of hydrogen-bond acceptors (Lipinski definition) is 5. The highest BCUT2D eigenvalue weighted by Gasteiger charge is 2.16. The average Bonchev–Trinajstić information content (AvgIpc) is 2.96. The summed E-state index contributed by atoms with van der Waals surface area (Å²) >= 11 is 1.62. The molecule has 0 bridgehead atoms. The lowest BCUT2D eigenvalue weighted by Gasteiger charge is -2.14. The quantitative estimate of drug-likeness (QED) is 0.855. The van der Waals surface area contributed by atoms with E-state index in [0.717, 1.165) is 41.8 Å². The van der Waals surface area contributed by atoms with Gasteiger partial charge in [0.2, 0.25) is 0 Å². The summed E-state index contributed by atoms with van der Waals surface area (Å²) < 4.78 is 2.12. The lowest BCUT2D eigenvalue weighted by Crippen LogP contribution is -2.25. The molecule has 2 aromatic rings.